The van der Waals surface area contributed by atoms with E-state index in [1.165, 1.54) is 0 Å². The van der Waals surface area contributed by atoms with Gasteiger partial charge in [-0.25, -0.2) is 9.97 Å². The van der Waals surface area contributed by atoms with E-state index in [2.05, 4.69) is 27.2 Å². The lowest BCUT2D eigenvalue weighted by Crippen LogP contribution is -2.01. The van der Waals surface area contributed by atoms with E-state index in [0.29, 0.717) is 0 Å². The van der Waals surface area contributed by atoms with Gasteiger partial charge >= 0.3 is 0 Å². The summed E-state index contributed by atoms with van der Waals surface area (Å²) in [5, 5.41) is 4.25. The monoisotopic (exact) mass is 176 g/mol. The lowest BCUT2D eigenvalue weighted by atomic mass is 10.3. The zero-order valence-electron chi connectivity index (χ0n) is 7.76. The topological polar surface area (TPSA) is 53.6 Å². The molecular weight excluding hydrogens is 164 g/mol. The van der Waals surface area contributed by atoms with E-state index in [1.54, 1.807) is 0 Å². The van der Waals surface area contributed by atoms with Crippen molar-refractivity contribution < 1.29 is 0 Å². The number of aromatic nitrogens is 3. The first kappa shape index (κ1) is 8.04. The maximum atomic E-state index is 4.32. The van der Waals surface area contributed by atoms with E-state index < -0.39 is 0 Å². The van der Waals surface area contributed by atoms with Crippen LogP contribution in [0.25, 0.3) is 11.0 Å². The third kappa shape index (κ3) is 1.35. The smallest absolute Gasteiger partial charge is 0.143 e. The minimum atomic E-state index is 0.783. The summed E-state index contributed by atoms with van der Waals surface area (Å²) in [6.45, 7) is 4.81. The number of H-pyrrole nitrogens is 1. The fourth-order valence-corrected chi connectivity index (χ4v) is 1.36. The Labute approximate surface area is 76.4 Å². The highest BCUT2D eigenvalue weighted by Crippen LogP contribution is 2.18. The number of nitrogens with zero attached hydrogens (tertiary/aromatic N) is 2. The summed E-state index contributed by atoms with van der Waals surface area (Å²) in [4.78, 5) is 11.7. The Kier molecular flexibility index (Phi) is 1.88. The van der Waals surface area contributed by atoms with Crippen LogP contribution in [0.4, 0.5) is 5.82 Å². The molecule has 0 aliphatic rings. The van der Waals surface area contributed by atoms with Gasteiger partial charge in [-0.2, -0.15) is 0 Å². The van der Waals surface area contributed by atoms with Gasteiger partial charge in [-0.05, 0) is 19.9 Å². The summed E-state index contributed by atoms with van der Waals surface area (Å²) in [7, 11) is 0. The first-order valence-electron chi connectivity index (χ1n) is 4.37. The lowest BCUT2D eigenvalue weighted by Gasteiger charge is -2.03. The van der Waals surface area contributed by atoms with Crippen LogP contribution >= 0.6 is 0 Å². The highest BCUT2D eigenvalue weighted by molar-refractivity contribution is 5.86. The molecule has 2 aromatic rings. The summed E-state index contributed by atoms with van der Waals surface area (Å²) in [5.74, 6) is 1.69. The molecule has 2 heterocycles. The summed E-state index contributed by atoms with van der Waals surface area (Å²) in [5.41, 5.74) is 0.892. The Balaban J connectivity index is 2.63. The number of aromatic amines is 1. The molecule has 0 amide bonds. The zero-order valence-corrected chi connectivity index (χ0v) is 7.76. The molecule has 0 saturated heterocycles. The Bertz CT molecular complexity index is 418. The van der Waals surface area contributed by atoms with Gasteiger partial charge in [-0.15, -0.1) is 0 Å². The fourth-order valence-electron chi connectivity index (χ4n) is 1.36. The molecule has 13 heavy (non-hydrogen) atoms. The SMILES string of the molecule is CCNc1nc(C)nc2[nH]ccc12. The van der Waals surface area contributed by atoms with Crippen molar-refractivity contribution in [3.8, 4) is 0 Å². The highest BCUT2D eigenvalue weighted by Gasteiger charge is 2.04. The van der Waals surface area contributed by atoms with E-state index in [9.17, 15) is 0 Å². The fraction of sp³-hybridized carbons (Fsp3) is 0.333. The zero-order chi connectivity index (χ0) is 9.26. The minimum Gasteiger partial charge on any atom is -0.370 e. The van der Waals surface area contributed by atoms with Crippen molar-refractivity contribution in [3.63, 3.8) is 0 Å². The van der Waals surface area contributed by atoms with Crippen molar-refractivity contribution in [2.45, 2.75) is 13.8 Å². The Hall–Kier alpha value is -1.58. The second-order valence-electron chi connectivity index (χ2n) is 2.89. The first-order valence-corrected chi connectivity index (χ1v) is 4.37. The average molecular weight is 176 g/mol. The molecule has 0 aliphatic carbocycles. The van der Waals surface area contributed by atoms with Crippen molar-refractivity contribution >= 4 is 16.9 Å². The van der Waals surface area contributed by atoms with Crippen LogP contribution in [0.15, 0.2) is 12.3 Å². The predicted molar refractivity (Wildman–Crippen MR) is 52.8 cm³/mol. The largest absolute Gasteiger partial charge is 0.370 e. The van der Waals surface area contributed by atoms with Gasteiger partial charge in [0.1, 0.15) is 17.3 Å². The summed E-state index contributed by atoms with van der Waals surface area (Å²) < 4.78 is 0. The van der Waals surface area contributed by atoms with Gasteiger partial charge < -0.3 is 10.3 Å². The van der Waals surface area contributed by atoms with Crippen LogP contribution in [0.1, 0.15) is 12.7 Å². The van der Waals surface area contributed by atoms with Crippen molar-refractivity contribution in [3.05, 3.63) is 18.1 Å². The van der Waals surface area contributed by atoms with Crippen LogP contribution in [0.2, 0.25) is 0 Å². The number of hydrogen-bond donors (Lipinski definition) is 2. The van der Waals surface area contributed by atoms with Crippen LogP contribution in [0, 0.1) is 6.92 Å². The van der Waals surface area contributed by atoms with Gasteiger partial charge in [0.2, 0.25) is 0 Å². The minimum absolute atomic E-state index is 0.783. The molecule has 0 spiro atoms. The molecule has 0 bridgehead atoms. The molecule has 0 fully saturated rings. The summed E-state index contributed by atoms with van der Waals surface area (Å²) in [6, 6.07) is 1.98. The molecule has 2 N–H and O–H groups in total. The van der Waals surface area contributed by atoms with Gasteiger partial charge in [0.05, 0.1) is 5.39 Å². The van der Waals surface area contributed by atoms with Crippen LogP contribution in [-0.4, -0.2) is 21.5 Å². The third-order valence-electron chi connectivity index (χ3n) is 1.87. The second-order valence-corrected chi connectivity index (χ2v) is 2.89. The van der Waals surface area contributed by atoms with Crippen LogP contribution < -0.4 is 5.32 Å². The molecule has 0 saturated carbocycles. The van der Waals surface area contributed by atoms with E-state index in [-0.39, 0.29) is 0 Å². The van der Waals surface area contributed by atoms with Crippen molar-refractivity contribution in [1.82, 2.24) is 15.0 Å². The number of hydrogen-bond acceptors (Lipinski definition) is 3. The molecule has 68 valence electrons. The van der Waals surface area contributed by atoms with Crippen molar-refractivity contribution in [2.24, 2.45) is 0 Å². The molecular formula is C9H12N4. The normalized spacial score (nSPS) is 10.6. The molecule has 0 aliphatic heterocycles. The number of rotatable bonds is 2. The molecule has 0 unspecified atom stereocenters. The van der Waals surface area contributed by atoms with Crippen LogP contribution in [0.3, 0.4) is 0 Å². The quantitative estimate of drug-likeness (QED) is 0.732. The van der Waals surface area contributed by atoms with Crippen molar-refractivity contribution in [2.75, 3.05) is 11.9 Å². The molecule has 4 nitrogen and oxygen atoms in total. The van der Waals surface area contributed by atoms with Crippen molar-refractivity contribution in [1.29, 1.82) is 0 Å². The highest BCUT2D eigenvalue weighted by atomic mass is 15.0. The molecule has 0 aromatic carbocycles. The predicted octanol–water partition coefficient (Wildman–Crippen LogP) is 1.70. The third-order valence-corrected chi connectivity index (χ3v) is 1.87. The van der Waals surface area contributed by atoms with Gasteiger partial charge in [-0.3, -0.25) is 0 Å². The van der Waals surface area contributed by atoms with Crippen LogP contribution in [0.5, 0.6) is 0 Å². The van der Waals surface area contributed by atoms with Gasteiger partial charge in [0.15, 0.2) is 0 Å². The van der Waals surface area contributed by atoms with E-state index in [4.69, 9.17) is 0 Å². The molecule has 0 atom stereocenters. The maximum absolute atomic E-state index is 4.32. The number of nitrogens with one attached hydrogen (secondary N) is 2. The van der Waals surface area contributed by atoms with E-state index in [0.717, 1.165) is 29.2 Å². The lowest BCUT2D eigenvalue weighted by molar-refractivity contribution is 1.06. The molecule has 2 aromatic heterocycles. The summed E-state index contributed by atoms with van der Waals surface area (Å²) in [6.07, 6.45) is 1.87. The maximum Gasteiger partial charge on any atom is 0.143 e. The van der Waals surface area contributed by atoms with E-state index in [1.807, 2.05) is 19.2 Å². The Morgan fingerprint density at radius 3 is 3.08 bits per heavy atom. The van der Waals surface area contributed by atoms with E-state index >= 15 is 0 Å². The number of fused-ring (bicyclic) bond motifs is 1. The summed E-state index contributed by atoms with van der Waals surface area (Å²) >= 11 is 0. The van der Waals surface area contributed by atoms with Gasteiger partial charge in [0.25, 0.3) is 0 Å². The molecule has 4 heteroatoms. The number of aryl methyl sites for hydroxylation is 1. The average Bonchev–Trinajstić information content (AvgIpc) is 2.52. The Morgan fingerprint density at radius 2 is 2.31 bits per heavy atom. The first-order chi connectivity index (χ1) is 6.31. The standard InChI is InChI=1S/C9H12N4/c1-3-10-8-7-4-5-11-9(7)13-6(2)12-8/h4-5H,3H2,1-2H3,(H2,10,11,12,13). The van der Waals surface area contributed by atoms with Crippen LogP contribution in [-0.2, 0) is 0 Å². The number of anilines is 1. The second kappa shape index (κ2) is 3.05. The van der Waals surface area contributed by atoms with Gasteiger partial charge in [0, 0.05) is 12.7 Å². The van der Waals surface area contributed by atoms with Gasteiger partial charge in [-0.1, -0.05) is 0 Å². The molecule has 0 radical (unpaired) electrons. The Morgan fingerprint density at radius 1 is 1.46 bits per heavy atom. The molecule has 2 rings (SSSR count).